The van der Waals surface area contributed by atoms with E-state index in [1.54, 1.807) is 49.4 Å². The molecule has 0 aliphatic carbocycles. The molecule has 2 amide bonds. The highest BCUT2D eigenvalue weighted by Gasteiger charge is 2.21. The first-order valence-corrected chi connectivity index (χ1v) is 9.78. The monoisotopic (exact) mass is 446 g/mol. The number of aryl methyl sites for hydroxylation is 1. The summed E-state index contributed by atoms with van der Waals surface area (Å²) in [7, 11) is -1.61. The van der Waals surface area contributed by atoms with Gasteiger partial charge in [0.2, 0.25) is 0 Å². The fraction of sp³-hybridized carbons (Fsp3) is 0.100. The minimum Gasteiger partial charge on any atom is -0.423 e. The van der Waals surface area contributed by atoms with Crippen LogP contribution in [0.3, 0.4) is 0 Å². The smallest absolute Gasteiger partial charge is 0.423 e. The number of hydrogen-bond donors (Lipinski definition) is 5. The van der Waals surface area contributed by atoms with Crippen LogP contribution in [-0.2, 0) is 6.54 Å². The Morgan fingerprint density at radius 1 is 1.09 bits per heavy atom. The second-order valence-electron chi connectivity index (χ2n) is 7.20. The summed E-state index contributed by atoms with van der Waals surface area (Å²) >= 11 is 0. The number of aromatic nitrogens is 5. The van der Waals surface area contributed by atoms with Crippen molar-refractivity contribution in [3.8, 4) is 11.4 Å². The van der Waals surface area contributed by atoms with Crippen LogP contribution in [0, 0.1) is 6.92 Å². The van der Waals surface area contributed by atoms with E-state index in [9.17, 15) is 19.6 Å². The Morgan fingerprint density at radius 3 is 2.55 bits per heavy atom. The number of primary amides is 2. The summed E-state index contributed by atoms with van der Waals surface area (Å²) < 4.78 is 1.40. The molecule has 33 heavy (non-hydrogen) atoms. The number of fused-ring (bicyclic) bond motifs is 1. The largest absolute Gasteiger partial charge is 0.488 e. The molecule has 7 N–H and O–H groups in total. The van der Waals surface area contributed by atoms with Crippen molar-refractivity contribution in [2.45, 2.75) is 13.5 Å². The third-order valence-electron chi connectivity index (χ3n) is 4.94. The zero-order valence-corrected chi connectivity index (χ0v) is 17.4. The third-order valence-corrected chi connectivity index (χ3v) is 4.94. The average molecular weight is 446 g/mol. The van der Waals surface area contributed by atoms with Gasteiger partial charge in [-0.15, -0.1) is 10.2 Å². The fourth-order valence-corrected chi connectivity index (χ4v) is 3.42. The molecular weight excluding hydrogens is 427 g/mol. The normalized spacial score (nSPS) is 10.9. The molecule has 0 aliphatic heterocycles. The number of carbonyl (C=O) groups excluding carboxylic acids is 2. The van der Waals surface area contributed by atoms with Crippen LogP contribution in [0.2, 0.25) is 0 Å². The molecule has 0 spiro atoms. The number of nitrogens with two attached hydrogens (primary N) is 2. The van der Waals surface area contributed by atoms with Crippen molar-refractivity contribution in [2.24, 2.45) is 11.5 Å². The second kappa shape index (κ2) is 8.65. The Bertz CT molecular complexity index is 1390. The van der Waals surface area contributed by atoms with Crippen molar-refractivity contribution >= 4 is 35.7 Å². The quantitative estimate of drug-likeness (QED) is 0.221. The summed E-state index contributed by atoms with van der Waals surface area (Å²) in [5.74, 6) is -1.21. The molecule has 4 aromatic rings. The van der Waals surface area contributed by atoms with E-state index in [1.165, 1.54) is 4.52 Å². The van der Waals surface area contributed by atoms with Gasteiger partial charge in [-0.25, -0.2) is 9.50 Å². The number of anilines is 1. The van der Waals surface area contributed by atoms with Crippen LogP contribution in [-0.4, -0.2) is 53.8 Å². The van der Waals surface area contributed by atoms with Crippen LogP contribution in [0.15, 0.2) is 42.5 Å². The molecule has 13 heteroatoms. The number of benzene rings is 1. The maximum atomic E-state index is 11.9. The van der Waals surface area contributed by atoms with Crippen molar-refractivity contribution in [3.63, 3.8) is 0 Å². The van der Waals surface area contributed by atoms with E-state index in [0.717, 1.165) is 0 Å². The molecule has 0 saturated carbocycles. The van der Waals surface area contributed by atoms with E-state index in [0.29, 0.717) is 27.8 Å². The summed E-state index contributed by atoms with van der Waals surface area (Å²) in [4.78, 5) is 28.1. The Balaban J connectivity index is 1.75. The van der Waals surface area contributed by atoms with E-state index in [-0.39, 0.29) is 29.6 Å². The number of amides is 2. The first kappa shape index (κ1) is 21.9. The number of nitrogens with zero attached hydrogens (tertiary/aromatic N) is 5. The molecule has 0 fully saturated rings. The van der Waals surface area contributed by atoms with Crippen molar-refractivity contribution in [1.82, 2.24) is 24.8 Å². The van der Waals surface area contributed by atoms with Gasteiger partial charge in [-0.1, -0.05) is 30.3 Å². The summed E-state index contributed by atoms with van der Waals surface area (Å²) in [5, 5.41) is 34.1. The Hall–Kier alpha value is -4.36. The van der Waals surface area contributed by atoms with Gasteiger partial charge in [-0.05, 0) is 30.1 Å². The highest BCUT2D eigenvalue weighted by atomic mass is 16.4. The lowest BCUT2D eigenvalue weighted by molar-refractivity contribution is 0.0985. The lowest BCUT2D eigenvalue weighted by atomic mass is 9.80. The van der Waals surface area contributed by atoms with E-state index < -0.39 is 18.9 Å². The maximum absolute atomic E-state index is 11.9. The molecule has 0 unspecified atom stereocenters. The molecule has 0 saturated heterocycles. The van der Waals surface area contributed by atoms with E-state index in [1.807, 2.05) is 0 Å². The first-order chi connectivity index (χ1) is 15.8. The van der Waals surface area contributed by atoms with Crippen molar-refractivity contribution in [2.75, 3.05) is 5.32 Å². The predicted molar refractivity (Wildman–Crippen MR) is 119 cm³/mol. The zero-order chi connectivity index (χ0) is 23.7. The van der Waals surface area contributed by atoms with E-state index in [4.69, 9.17) is 11.5 Å². The van der Waals surface area contributed by atoms with Crippen LogP contribution in [0.4, 0.5) is 5.82 Å². The topological polar surface area (TPSA) is 195 Å². The van der Waals surface area contributed by atoms with Gasteiger partial charge in [0.15, 0.2) is 17.3 Å². The van der Waals surface area contributed by atoms with Gasteiger partial charge in [0.05, 0.1) is 16.8 Å². The lowest BCUT2D eigenvalue weighted by Crippen LogP contribution is -2.30. The maximum Gasteiger partial charge on any atom is 0.488 e. The molecular formula is C20H19BN8O4. The van der Waals surface area contributed by atoms with Crippen LogP contribution >= 0.6 is 0 Å². The molecule has 3 heterocycles. The molecule has 4 rings (SSSR count). The van der Waals surface area contributed by atoms with Crippen molar-refractivity contribution in [1.29, 1.82) is 0 Å². The van der Waals surface area contributed by atoms with Crippen LogP contribution < -0.4 is 22.2 Å². The van der Waals surface area contributed by atoms with Crippen LogP contribution in [0.5, 0.6) is 0 Å². The van der Waals surface area contributed by atoms with Gasteiger partial charge < -0.3 is 26.8 Å². The lowest BCUT2D eigenvalue weighted by Gasteiger charge is -2.10. The molecule has 1 aromatic carbocycles. The molecule has 0 atom stereocenters. The minimum atomic E-state index is -1.61. The van der Waals surface area contributed by atoms with Gasteiger partial charge in [-0.3, -0.25) is 9.59 Å². The Kier molecular flexibility index (Phi) is 5.73. The molecule has 0 aliphatic rings. The molecule has 3 aromatic heterocycles. The van der Waals surface area contributed by atoms with Gasteiger partial charge >= 0.3 is 7.12 Å². The summed E-state index contributed by atoms with van der Waals surface area (Å²) in [6.45, 7) is 1.91. The molecule has 166 valence electrons. The number of nitrogens with one attached hydrogen (secondary N) is 1. The van der Waals surface area contributed by atoms with E-state index in [2.05, 4.69) is 25.6 Å². The average Bonchev–Trinajstić information content (AvgIpc) is 3.13. The van der Waals surface area contributed by atoms with Crippen LogP contribution in [0.25, 0.3) is 16.9 Å². The number of pyridine rings is 1. The standard InChI is InChI=1S/C20H19BN8O4/c1-10-15(13-6-3-7-14(17(22)30)29(13)28-10)19-25-20(16(18(23)31)26-27-19)24-9-11-4-2-5-12(8-11)21(32)33/h2-8,32-33H,9H2,1H3,(H2,22,30)(H2,23,31)(H,24,25,27). The first-order valence-electron chi connectivity index (χ1n) is 9.78. The van der Waals surface area contributed by atoms with Crippen molar-refractivity contribution in [3.05, 3.63) is 65.1 Å². The van der Waals surface area contributed by atoms with Crippen LogP contribution in [0.1, 0.15) is 32.2 Å². The number of carbonyl (C=O) groups is 2. The number of rotatable bonds is 7. The molecule has 12 nitrogen and oxygen atoms in total. The summed E-state index contributed by atoms with van der Waals surface area (Å²) in [6.07, 6.45) is 0. The zero-order valence-electron chi connectivity index (χ0n) is 17.4. The van der Waals surface area contributed by atoms with Crippen molar-refractivity contribution < 1.29 is 19.6 Å². The number of hydrogen-bond acceptors (Lipinski definition) is 9. The third kappa shape index (κ3) is 4.22. The fourth-order valence-electron chi connectivity index (χ4n) is 3.42. The van der Waals surface area contributed by atoms with Gasteiger partial charge in [0.25, 0.3) is 11.8 Å². The summed E-state index contributed by atoms with van der Waals surface area (Å²) in [6, 6.07) is 11.5. The van der Waals surface area contributed by atoms with Gasteiger partial charge in [-0.2, -0.15) is 5.10 Å². The molecule has 0 bridgehead atoms. The molecule has 0 radical (unpaired) electrons. The minimum absolute atomic E-state index is 0.0901. The highest BCUT2D eigenvalue weighted by molar-refractivity contribution is 6.58. The van der Waals surface area contributed by atoms with Gasteiger partial charge in [0, 0.05) is 6.54 Å². The SMILES string of the molecule is Cc1nn2c(C(N)=O)cccc2c1-c1nnc(C(N)=O)c(NCc2cccc(B(O)O)c2)n1. The second-order valence-corrected chi connectivity index (χ2v) is 7.20. The highest BCUT2D eigenvalue weighted by Crippen LogP contribution is 2.27. The van der Waals surface area contributed by atoms with E-state index >= 15 is 0 Å². The predicted octanol–water partition coefficient (Wildman–Crippen LogP) is -1.02. The van der Waals surface area contributed by atoms with Gasteiger partial charge in [0.1, 0.15) is 5.69 Å². The Morgan fingerprint density at radius 2 is 1.85 bits per heavy atom. The Labute approximate surface area is 187 Å². The summed E-state index contributed by atoms with van der Waals surface area (Å²) in [5.41, 5.74) is 13.5.